The summed E-state index contributed by atoms with van der Waals surface area (Å²) in [6.45, 7) is 3.06. The fraction of sp³-hybridized carbons (Fsp3) is 0.400. The smallest absolute Gasteiger partial charge is 0.307 e. The number of para-hydroxylation sites is 1. The van der Waals surface area contributed by atoms with Crippen molar-refractivity contribution in [3.8, 4) is 0 Å². The van der Waals surface area contributed by atoms with Crippen LogP contribution in [0.3, 0.4) is 0 Å². The van der Waals surface area contributed by atoms with Crippen LogP contribution in [0, 0.1) is 5.92 Å². The lowest BCUT2D eigenvalue weighted by Crippen LogP contribution is -2.28. The van der Waals surface area contributed by atoms with Crippen molar-refractivity contribution in [3.63, 3.8) is 0 Å². The molecule has 1 aromatic carbocycles. The van der Waals surface area contributed by atoms with E-state index in [0.29, 0.717) is 6.54 Å². The van der Waals surface area contributed by atoms with Crippen molar-refractivity contribution in [1.29, 1.82) is 0 Å². The molecule has 0 aliphatic rings. The van der Waals surface area contributed by atoms with E-state index in [4.69, 9.17) is 5.11 Å². The first-order valence-electron chi connectivity index (χ1n) is 6.43. The first-order valence-corrected chi connectivity index (χ1v) is 6.43. The molecule has 0 aliphatic carbocycles. The number of carboxylic acids is 1. The molecule has 1 aromatic heterocycles. The normalized spacial score (nSPS) is 13.1. The van der Waals surface area contributed by atoms with Crippen molar-refractivity contribution < 1.29 is 9.90 Å². The average Bonchev–Trinajstić information content (AvgIpc) is 2.67. The van der Waals surface area contributed by atoms with Crippen LogP contribution in [-0.2, 0) is 18.4 Å². The van der Waals surface area contributed by atoms with E-state index >= 15 is 0 Å². The lowest BCUT2D eigenvalue weighted by Gasteiger charge is -2.18. The third kappa shape index (κ3) is 2.96. The van der Waals surface area contributed by atoms with Crippen LogP contribution in [0.5, 0.6) is 0 Å². The maximum absolute atomic E-state index is 10.9. The summed E-state index contributed by atoms with van der Waals surface area (Å²) < 4.78 is 2.11. The van der Waals surface area contributed by atoms with Crippen LogP contribution in [0.1, 0.15) is 12.5 Å². The van der Waals surface area contributed by atoms with Crippen molar-refractivity contribution in [2.24, 2.45) is 13.0 Å². The molecule has 1 atom stereocenters. The summed E-state index contributed by atoms with van der Waals surface area (Å²) in [4.78, 5) is 12.9. The zero-order valence-electron chi connectivity index (χ0n) is 11.6. The molecule has 1 heterocycles. The van der Waals surface area contributed by atoms with Gasteiger partial charge in [-0.25, -0.2) is 0 Å². The van der Waals surface area contributed by atoms with Gasteiger partial charge in [0.05, 0.1) is 5.92 Å². The highest BCUT2D eigenvalue weighted by Gasteiger charge is 2.15. The molecule has 0 amide bonds. The standard InChI is InChI=1S/C15H20N2O2/c1-11(15(18)19)8-16(2)9-12-10-17(3)14-7-5-4-6-13(12)14/h4-7,10-11H,8-9H2,1-3H3,(H,18,19). The number of nitrogens with zero attached hydrogens (tertiary/aromatic N) is 2. The molecule has 0 aliphatic heterocycles. The molecule has 19 heavy (non-hydrogen) atoms. The SMILES string of the molecule is CC(CN(C)Cc1cn(C)c2ccccc12)C(=O)O. The van der Waals surface area contributed by atoms with Crippen molar-refractivity contribution in [2.75, 3.05) is 13.6 Å². The van der Waals surface area contributed by atoms with Gasteiger partial charge in [0.15, 0.2) is 0 Å². The van der Waals surface area contributed by atoms with Crippen LogP contribution in [0.4, 0.5) is 0 Å². The Morgan fingerprint density at radius 3 is 2.79 bits per heavy atom. The van der Waals surface area contributed by atoms with Gasteiger partial charge in [0.2, 0.25) is 0 Å². The molecule has 4 heteroatoms. The van der Waals surface area contributed by atoms with E-state index in [1.165, 1.54) is 16.5 Å². The Morgan fingerprint density at radius 1 is 1.42 bits per heavy atom. The highest BCUT2D eigenvalue weighted by atomic mass is 16.4. The second-order valence-electron chi connectivity index (χ2n) is 5.22. The predicted molar refractivity (Wildman–Crippen MR) is 76.1 cm³/mol. The molecule has 0 saturated heterocycles. The highest BCUT2D eigenvalue weighted by Crippen LogP contribution is 2.21. The number of hydrogen-bond acceptors (Lipinski definition) is 2. The predicted octanol–water partition coefficient (Wildman–Crippen LogP) is 2.33. The molecular formula is C15H20N2O2. The summed E-state index contributed by atoms with van der Waals surface area (Å²) in [5, 5.41) is 10.2. The van der Waals surface area contributed by atoms with E-state index in [9.17, 15) is 4.79 Å². The van der Waals surface area contributed by atoms with E-state index in [0.717, 1.165) is 6.54 Å². The number of rotatable bonds is 5. The largest absolute Gasteiger partial charge is 0.481 e. The van der Waals surface area contributed by atoms with Crippen LogP contribution in [0.25, 0.3) is 10.9 Å². The monoisotopic (exact) mass is 260 g/mol. The van der Waals surface area contributed by atoms with E-state index < -0.39 is 5.97 Å². The first-order chi connectivity index (χ1) is 8.99. The molecule has 0 spiro atoms. The van der Waals surface area contributed by atoms with E-state index in [1.807, 2.05) is 26.2 Å². The number of fused-ring (bicyclic) bond motifs is 1. The summed E-state index contributed by atoms with van der Waals surface area (Å²) in [5.41, 5.74) is 2.44. The molecule has 2 aromatic rings. The molecule has 4 nitrogen and oxygen atoms in total. The van der Waals surface area contributed by atoms with Crippen molar-refractivity contribution in [1.82, 2.24) is 9.47 Å². The minimum absolute atomic E-state index is 0.347. The van der Waals surface area contributed by atoms with Gasteiger partial charge >= 0.3 is 5.97 Å². The van der Waals surface area contributed by atoms with Gasteiger partial charge in [-0.3, -0.25) is 4.79 Å². The second-order valence-corrected chi connectivity index (χ2v) is 5.22. The van der Waals surface area contributed by atoms with E-state index in [-0.39, 0.29) is 5.92 Å². The quantitative estimate of drug-likeness (QED) is 0.897. The van der Waals surface area contributed by atoms with Gasteiger partial charge in [-0.2, -0.15) is 0 Å². The maximum Gasteiger partial charge on any atom is 0.307 e. The maximum atomic E-state index is 10.9. The Balaban J connectivity index is 2.15. The van der Waals surface area contributed by atoms with Gasteiger partial charge in [-0.1, -0.05) is 25.1 Å². The summed E-state index contributed by atoms with van der Waals surface area (Å²) in [7, 11) is 3.99. The van der Waals surface area contributed by atoms with Crippen molar-refractivity contribution >= 4 is 16.9 Å². The Morgan fingerprint density at radius 2 is 2.11 bits per heavy atom. The molecule has 0 saturated carbocycles. The lowest BCUT2D eigenvalue weighted by atomic mass is 10.1. The molecule has 102 valence electrons. The molecular weight excluding hydrogens is 240 g/mol. The number of aryl methyl sites for hydroxylation is 1. The summed E-state index contributed by atoms with van der Waals surface area (Å²) in [5.74, 6) is -1.09. The fourth-order valence-corrected chi connectivity index (χ4v) is 2.45. The lowest BCUT2D eigenvalue weighted by molar-refractivity contribution is -0.141. The van der Waals surface area contributed by atoms with Crippen LogP contribution >= 0.6 is 0 Å². The van der Waals surface area contributed by atoms with Gasteiger partial charge in [0.25, 0.3) is 0 Å². The minimum Gasteiger partial charge on any atom is -0.481 e. The topological polar surface area (TPSA) is 45.5 Å². The summed E-state index contributed by atoms with van der Waals surface area (Å²) in [6.07, 6.45) is 2.12. The highest BCUT2D eigenvalue weighted by molar-refractivity contribution is 5.83. The second kappa shape index (κ2) is 5.45. The van der Waals surface area contributed by atoms with Gasteiger partial charge in [0.1, 0.15) is 0 Å². The Hall–Kier alpha value is -1.81. The minimum atomic E-state index is -0.746. The van der Waals surface area contributed by atoms with Gasteiger partial charge in [-0.05, 0) is 18.7 Å². The molecule has 1 unspecified atom stereocenters. The first kappa shape index (κ1) is 13.6. The fourth-order valence-electron chi connectivity index (χ4n) is 2.45. The zero-order chi connectivity index (χ0) is 14.0. The van der Waals surface area contributed by atoms with Crippen LogP contribution in [0.2, 0.25) is 0 Å². The number of carboxylic acid groups (broad SMARTS) is 1. The van der Waals surface area contributed by atoms with Gasteiger partial charge < -0.3 is 14.6 Å². The van der Waals surface area contributed by atoms with E-state index in [1.54, 1.807) is 6.92 Å². The Kier molecular flexibility index (Phi) is 3.90. The zero-order valence-corrected chi connectivity index (χ0v) is 11.6. The molecule has 1 N–H and O–H groups in total. The number of aliphatic carboxylic acids is 1. The van der Waals surface area contributed by atoms with Crippen molar-refractivity contribution in [3.05, 3.63) is 36.0 Å². The molecule has 0 radical (unpaired) electrons. The summed E-state index contributed by atoms with van der Waals surface area (Å²) >= 11 is 0. The molecule has 2 rings (SSSR count). The molecule has 0 bridgehead atoms. The molecule has 0 fully saturated rings. The van der Waals surface area contributed by atoms with E-state index in [2.05, 4.69) is 27.8 Å². The third-order valence-corrected chi connectivity index (χ3v) is 3.43. The Labute approximate surface area is 113 Å². The van der Waals surface area contributed by atoms with Crippen LogP contribution in [-0.4, -0.2) is 34.1 Å². The summed E-state index contributed by atoms with van der Waals surface area (Å²) in [6, 6.07) is 8.27. The van der Waals surface area contributed by atoms with Crippen molar-refractivity contribution in [2.45, 2.75) is 13.5 Å². The van der Waals surface area contributed by atoms with Gasteiger partial charge in [-0.15, -0.1) is 0 Å². The number of hydrogen-bond donors (Lipinski definition) is 1. The van der Waals surface area contributed by atoms with Gasteiger partial charge in [0, 0.05) is 37.2 Å². The number of carbonyl (C=O) groups is 1. The third-order valence-electron chi connectivity index (χ3n) is 3.43. The Bertz CT molecular complexity index is 589. The number of benzene rings is 1. The number of aromatic nitrogens is 1. The van der Waals surface area contributed by atoms with Crippen LogP contribution < -0.4 is 0 Å². The van der Waals surface area contributed by atoms with Crippen LogP contribution in [0.15, 0.2) is 30.5 Å². The average molecular weight is 260 g/mol.